The Morgan fingerprint density at radius 1 is 1.73 bits per heavy atom. The average molecular weight is 161 g/mol. The third-order valence-corrected chi connectivity index (χ3v) is 0.438. The van der Waals surface area contributed by atoms with E-state index in [4.69, 9.17) is 4.79 Å². The highest BCUT2D eigenvalue weighted by molar-refractivity contribution is 5.64. The van der Waals surface area contributed by atoms with Gasteiger partial charge in [0.2, 0.25) is 0 Å². The van der Waals surface area contributed by atoms with Crippen molar-refractivity contribution in [3.8, 4) is 0 Å². The van der Waals surface area contributed by atoms with Gasteiger partial charge in [-0.2, -0.15) is 0 Å². The molecule has 0 aliphatic heterocycles. The predicted octanol–water partition coefficient (Wildman–Crippen LogP) is 0.405. The summed E-state index contributed by atoms with van der Waals surface area (Å²) in [5.41, 5.74) is 4.54. The number of nitrogens with two attached hydrogens (primary N) is 1. The molecule has 0 aliphatic rings. The Hall–Kier alpha value is -1.52. The van der Waals surface area contributed by atoms with E-state index in [9.17, 15) is 4.79 Å². The second-order valence-corrected chi connectivity index (χ2v) is 1.15. The van der Waals surface area contributed by atoms with E-state index in [-0.39, 0.29) is 0 Å². The smallest absolute Gasteiger partial charge is 0.404 e. The molecule has 0 saturated heterocycles. The van der Waals surface area contributed by atoms with E-state index in [1.54, 1.807) is 6.92 Å². The summed E-state index contributed by atoms with van der Waals surface area (Å²) in [6, 6.07) is 0. The minimum Gasteiger partial charge on any atom is -0.450 e. The van der Waals surface area contributed by atoms with Crippen LogP contribution < -0.4 is 5.73 Å². The molecule has 0 aromatic carbocycles. The molecule has 0 bridgehead atoms. The van der Waals surface area contributed by atoms with Crippen molar-refractivity contribution in [2.24, 2.45) is 5.73 Å². The molecule has 1 amide bonds. The first-order valence-electron chi connectivity index (χ1n) is 2.81. The Labute approximate surface area is 64.8 Å². The number of ether oxygens (including phenoxy) is 2. The van der Waals surface area contributed by atoms with Gasteiger partial charge in [-0.1, -0.05) is 6.58 Å². The molecule has 0 radical (unpaired) electrons. The summed E-state index contributed by atoms with van der Waals surface area (Å²) in [5.74, 6) is 0. The van der Waals surface area contributed by atoms with Crippen LogP contribution in [0.25, 0.3) is 0 Å². The van der Waals surface area contributed by atoms with Crippen LogP contribution in [-0.2, 0) is 14.3 Å². The Kier molecular flexibility index (Phi) is 12.5. The number of hydrogen-bond acceptors (Lipinski definition) is 4. The van der Waals surface area contributed by atoms with Gasteiger partial charge in [-0.3, -0.25) is 4.79 Å². The number of carbonyl (C=O) groups excluding carboxylic acids is 2. The molecule has 0 heterocycles. The normalized spacial score (nSPS) is 6.64. The minimum absolute atomic E-state index is 0.312. The summed E-state index contributed by atoms with van der Waals surface area (Å²) in [5, 5.41) is 0. The number of carbonyl (C=O) groups is 2. The molecular formula is C6H11NO4. The van der Waals surface area contributed by atoms with Crippen molar-refractivity contribution >= 4 is 12.6 Å². The third kappa shape index (κ3) is 29.4. The summed E-state index contributed by atoms with van der Waals surface area (Å²) in [6.45, 7) is 5.47. The van der Waals surface area contributed by atoms with Crippen molar-refractivity contribution < 1.29 is 19.1 Å². The van der Waals surface area contributed by atoms with Crippen molar-refractivity contribution in [1.29, 1.82) is 0 Å². The van der Waals surface area contributed by atoms with Crippen LogP contribution in [0.15, 0.2) is 12.8 Å². The molecule has 2 N–H and O–H groups in total. The lowest BCUT2D eigenvalue weighted by Crippen LogP contribution is -2.11. The molecule has 0 spiro atoms. The number of hydrogen-bond donors (Lipinski definition) is 1. The molecule has 0 unspecified atom stereocenters. The molecule has 11 heavy (non-hydrogen) atoms. The van der Waals surface area contributed by atoms with Crippen molar-refractivity contribution in [3.63, 3.8) is 0 Å². The summed E-state index contributed by atoms with van der Waals surface area (Å²) >= 11 is 0. The molecular weight excluding hydrogens is 150 g/mol. The van der Waals surface area contributed by atoms with E-state index >= 15 is 0 Å². The summed E-state index contributed by atoms with van der Waals surface area (Å²) in [6.07, 6.45) is 0.352. The average Bonchev–Trinajstić information content (AvgIpc) is 1.90. The highest BCUT2D eigenvalue weighted by Gasteiger charge is 1.82. The van der Waals surface area contributed by atoms with Crippen LogP contribution in [0.2, 0.25) is 0 Å². The fourth-order valence-electron chi connectivity index (χ4n) is 0.182. The predicted molar refractivity (Wildman–Crippen MR) is 38.6 cm³/mol. The van der Waals surface area contributed by atoms with Crippen LogP contribution in [0, 0.1) is 0 Å². The zero-order valence-corrected chi connectivity index (χ0v) is 6.28. The van der Waals surface area contributed by atoms with Crippen LogP contribution in [0.1, 0.15) is 6.92 Å². The highest BCUT2D eigenvalue weighted by atomic mass is 16.5. The lowest BCUT2D eigenvalue weighted by molar-refractivity contribution is -0.123. The van der Waals surface area contributed by atoms with Gasteiger partial charge < -0.3 is 15.2 Å². The third-order valence-electron chi connectivity index (χ3n) is 0.438. The largest absolute Gasteiger partial charge is 0.450 e. The van der Waals surface area contributed by atoms with E-state index < -0.39 is 6.09 Å². The number of amides is 1. The molecule has 0 aromatic heterocycles. The molecule has 0 fully saturated rings. The van der Waals surface area contributed by atoms with E-state index in [1.165, 1.54) is 0 Å². The molecule has 0 saturated carbocycles. The zero-order valence-electron chi connectivity index (χ0n) is 6.28. The van der Waals surface area contributed by atoms with E-state index in [0.717, 1.165) is 6.26 Å². The van der Waals surface area contributed by atoms with Crippen LogP contribution in [0.5, 0.6) is 0 Å². The van der Waals surface area contributed by atoms with Crippen LogP contribution >= 0.6 is 0 Å². The maximum Gasteiger partial charge on any atom is 0.404 e. The Bertz CT molecular complexity index is 118. The maximum absolute atomic E-state index is 9.60. The number of rotatable bonds is 3. The Balaban J connectivity index is 0. The molecule has 0 aliphatic carbocycles. The molecule has 5 nitrogen and oxygen atoms in total. The quantitative estimate of drug-likeness (QED) is 0.480. The summed E-state index contributed by atoms with van der Waals surface area (Å²) in [7, 11) is 0. The second-order valence-electron chi connectivity index (χ2n) is 1.15. The fraction of sp³-hybridized carbons (Fsp3) is 0.333. The summed E-state index contributed by atoms with van der Waals surface area (Å²) < 4.78 is 8.10. The van der Waals surface area contributed by atoms with Crippen molar-refractivity contribution in [3.05, 3.63) is 12.8 Å². The Morgan fingerprint density at radius 2 is 2.27 bits per heavy atom. The molecule has 0 rings (SSSR count). The van der Waals surface area contributed by atoms with Crippen molar-refractivity contribution in [2.45, 2.75) is 6.92 Å². The van der Waals surface area contributed by atoms with Gasteiger partial charge in [-0.25, -0.2) is 4.79 Å². The summed E-state index contributed by atoms with van der Waals surface area (Å²) in [4.78, 5) is 18.7. The van der Waals surface area contributed by atoms with Gasteiger partial charge in [0, 0.05) is 0 Å². The van der Waals surface area contributed by atoms with Crippen molar-refractivity contribution in [1.82, 2.24) is 0 Å². The van der Waals surface area contributed by atoms with Gasteiger partial charge in [0.05, 0.1) is 12.9 Å². The lowest BCUT2D eigenvalue weighted by atomic mass is 10.9. The molecule has 5 heteroatoms. The standard InChI is InChI=1S/C3H7NO2.C3H4O2/c1-2-6-3(4)5;1-2-5-3-4/h2H2,1H3,(H2,4,5);2-3H,1H2. The van der Waals surface area contributed by atoms with Crippen LogP contribution in [0.4, 0.5) is 4.79 Å². The maximum atomic E-state index is 9.60. The first-order valence-corrected chi connectivity index (χ1v) is 2.81. The van der Waals surface area contributed by atoms with E-state index in [2.05, 4.69) is 21.8 Å². The zero-order chi connectivity index (χ0) is 9.11. The topological polar surface area (TPSA) is 78.6 Å². The van der Waals surface area contributed by atoms with Gasteiger partial charge in [-0.05, 0) is 6.92 Å². The first-order chi connectivity index (χ1) is 5.18. The van der Waals surface area contributed by atoms with Crippen LogP contribution in [0.3, 0.4) is 0 Å². The fourth-order valence-corrected chi connectivity index (χ4v) is 0.182. The molecule has 64 valence electrons. The van der Waals surface area contributed by atoms with Gasteiger partial charge in [0.1, 0.15) is 0 Å². The van der Waals surface area contributed by atoms with Gasteiger partial charge >= 0.3 is 6.09 Å². The van der Waals surface area contributed by atoms with Crippen molar-refractivity contribution in [2.75, 3.05) is 6.61 Å². The van der Waals surface area contributed by atoms with Gasteiger partial charge in [0.15, 0.2) is 0 Å². The SMILES string of the molecule is C=COC=O.CCOC(N)=O. The van der Waals surface area contributed by atoms with Gasteiger partial charge in [-0.15, -0.1) is 0 Å². The van der Waals surface area contributed by atoms with Crippen LogP contribution in [-0.4, -0.2) is 19.2 Å². The van der Waals surface area contributed by atoms with E-state index in [1.807, 2.05) is 0 Å². The van der Waals surface area contributed by atoms with E-state index in [0.29, 0.717) is 13.1 Å². The first kappa shape index (κ1) is 12.2. The highest BCUT2D eigenvalue weighted by Crippen LogP contribution is 1.66. The molecule has 0 aromatic rings. The monoisotopic (exact) mass is 161 g/mol. The molecule has 0 atom stereocenters. The lowest BCUT2D eigenvalue weighted by Gasteiger charge is -1.89. The van der Waals surface area contributed by atoms with Gasteiger partial charge in [0.25, 0.3) is 6.47 Å². The second kappa shape index (κ2) is 11.3. The Morgan fingerprint density at radius 3 is 2.27 bits per heavy atom. The number of primary amides is 1. The minimum atomic E-state index is -0.711.